The van der Waals surface area contributed by atoms with Crippen LogP contribution in [0, 0.1) is 5.82 Å². The number of anilines is 2. The number of H-pyrrole nitrogens is 1. The number of amides is 2. The van der Waals surface area contributed by atoms with E-state index in [1.807, 2.05) is 0 Å². The van der Waals surface area contributed by atoms with Crippen LogP contribution < -0.4 is 10.6 Å². The minimum atomic E-state index is -0.595. The molecule has 16 heavy (non-hydrogen) atoms. The summed E-state index contributed by atoms with van der Waals surface area (Å²) in [7, 11) is 0. The molecule has 0 fully saturated rings. The van der Waals surface area contributed by atoms with Crippen molar-refractivity contribution in [1.82, 2.24) is 15.2 Å². The fourth-order valence-corrected chi connectivity index (χ4v) is 1.08. The van der Waals surface area contributed by atoms with Gasteiger partial charge >= 0.3 is 6.03 Å². The van der Waals surface area contributed by atoms with Crippen molar-refractivity contribution < 1.29 is 9.18 Å². The highest BCUT2D eigenvalue weighted by atomic mass is 19.1. The molecule has 0 aromatic carbocycles. The van der Waals surface area contributed by atoms with Crippen LogP contribution in [-0.4, -0.2) is 21.2 Å². The van der Waals surface area contributed by atoms with Crippen molar-refractivity contribution in [2.75, 3.05) is 10.6 Å². The first-order chi connectivity index (χ1) is 7.75. The molecule has 0 spiro atoms. The zero-order chi connectivity index (χ0) is 11.4. The van der Waals surface area contributed by atoms with Gasteiger partial charge in [0, 0.05) is 12.3 Å². The fourth-order valence-electron chi connectivity index (χ4n) is 1.08. The van der Waals surface area contributed by atoms with E-state index in [0.717, 1.165) is 6.20 Å². The van der Waals surface area contributed by atoms with Gasteiger partial charge in [0.2, 0.25) is 0 Å². The van der Waals surface area contributed by atoms with Crippen molar-refractivity contribution in [1.29, 1.82) is 0 Å². The largest absolute Gasteiger partial charge is 0.324 e. The first-order valence-electron chi connectivity index (χ1n) is 4.42. The van der Waals surface area contributed by atoms with Gasteiger partial charge in [-0.05, 0) is 6.07 Å². The second-order valence-electron chi connectivity index (χ2n) is 2.90. The fraction of sp³-hybridized carbons (Fsp3) is 0. The summed E-state index contributed by atoms with van der Waals surface area (Å²) in [6, 6.07) is 2.37. The maximum absolute atomic E-state index is 13.1. The molecule has 2 amide bonds. The Kier molecular flexibility index (Phi) is 2.77. The van der Waals surface area contributed by atoms with Crippen LogP contribution in [0.3, 0.4) is 0 Å². The van der Waals surface area contributed by atoms with Crippen molar-refractivity contribution in [3.63, 3.8) is 0 Å². The number of rotatable bonds is 2. The van der Waals surface area contributed by atoms with Crippen LogP contribution in [0.1, 0.15) is 0 Å². The Morgan fingerprint density at radius 1 is 1.31 bits per heavy atom. The summed E-state index contributed by atoms with van der Waals surface area (Å²) in [6.07, 6.45) is 3.89. The Morgan fingerprint density at radius 3 is 2.88 bits per heavy atom. The molecule has 6 nitrogen and oxygen atoms in total. The van der Waals surface area contributed by atoms with E-state index < -0.39 is 11.8 Å². The quantitative estimate of drug-likeness (QED) is 0.720. The lowest BCUT2D eigenvalue weighted by Crippen LogP contribution is -2.20. The monoisotopic (exact) mass is 221 g/mol. The molecular formula is C9H8FN5O. The smallest absolute Gasteiger partial charge is 0.305 e. The molecule has 0 aliphatic rings. The molecule has 2 heterocycles. The van der Waals surface area contributed by atoms with Crippen LogP contribution in [0.2, 0.25) is 0 Å². The van der Waals surface area contributed by atoms with Gasteiger partial charge in [-0.3, -0.25) is 15.4 Å². The molecule has 0 saturated carbocycles. The molecule has 0 bridgehead atoms. The molecule has 3 N–H and O–H groups in total. The van der Waals surface area contributed by atoms with Crippen LogP contribution in [0.25, 0.3) is 0 Å². The highest BCUT2D eigenvalue weighted by Crippen LogP contribution is 2.11. The third-order valence-electron chi connectivity index (χ3n) is 1.77. The number of halogens is 1. The number of aromatic nitrogens is 3. The average molecular weight is 221 g/mol. The second-order valence-corrected chi connectivity index (χ2v) is 2.90. The Hall–Kier alpha value is -2.44. The van der Waals surface area contributed by atoms with Crippen molar-refractivity contribution in [3.8, 4) is 0 Å². The van der Waals surface area contributed by atoms with Crippen LogP contribution >= 0.6 is 0 Å². The van der Waals surface area contributed by atoms with Crippen molar-refractivity contribution in [2.45, 2.75) is 0 Å². The van der Waals surface area contributed by atoms with Crippen molar-refractivity contribution in [2.24, 2.45) is 0 Å². The first kappa shape index (κ1) is 10.1. The third-order valence-corrected chi connectivity index (χ3v) is 1.77. The number of nitrogens with one attached hydrogen (secondary N) is 3. The van der Waals surface area contributed by atoms with Gasteiger partial charge in [0.1, 0.15) is 5.82 Å². The van der Waals surface area contributed by atoms with Crippen molar-refractivity contribution >= 4 is 17.5 Å². The van der Waals surface area contributed by atoms with E-state index in [9.17, 15) is 9.18 Å². The van der Waals surface area contributed by atoms with Gasteiger partial charge in [0.05, 0.1) is 18.1 Å². The molecule has 0 aliphatic heterocycles. The summed E-state index contributed by atoms with van der Waals surface area (Å²) in [5.74, 6) is -0.172. The van der Waals surface area contributed by atoms with E-state index in [4.69, 9.17) is 0 Å². The molecule has 0 saturated heterocycles. The number of hydrogen-bond acceptors (Lipinski definition) is 3. The SMILES string of the molecule is O=C(Nc1ccn[nH]1)Nc1ccncc1F. The van der Waals surface area contributed by atoms with Gasteiger partial charge in [-0.2, -0.15) is 5.10 Å². The predicted molar refractivity (Wildman–Crippen MR) is 55.4 cm³/mol. The predicted octanol–water partition coefficient (Wildman–Crippen LogP) is 1.59. The normalized spacial score (nSPS) is 9.81. The van der Waals surface area contributed by atoms with Gasteiger partial charge in [0.25, 0.3) is 0 Å². The summed E-state index contributed by atoms with van der Waals surface area (Å²) in [5, 5.41) is 11.0. The molecule has 2 rings (SSSR count). The lowest BCUT2D eigenvalue weighted by molar-refractivity contribution is 0.262. The molecule has 0 atom stereocenters. The minimum absolute atomic E-state index is 0.0621. The molecule has 0 unspecified atom stereocenters. The van der Waals surface area contributed by atoms with Gasteiger partial charge in [-0.15, -0.1) is 0 Å². The Bertz CT molecular complexity index is 484. The minimum Gasteiger partial charge on any atom is -0.305 e. The van der Waals surface area contributed by atoms with E-state index in [1.54, 1.807) is 6.07 Å². The molecule has 7 heteroatoms. The van der Waals surface area contributed by atoms with Crippen LogP contribution in [-0.2, 0) is 0 Å². The van der Waals surface area contributed by atoms with Crippen LogP contribution in [0.5, 0.6) is 0 Å². The number of urea groups is 1. The van der Waals surface area contributed by atoms with E-state index in [1.165, 1.54) is 18.5 Å². The molecule has 0 aliphatic carbocycles. The molecule has 82 valence electrons. The zero-order valence-corrected chi connectivity index (χ0v) is 8.07. The van der Waals surface area contributed by atoms with Crippen LogP contribution in [0.4, 0.5) is 20.7 Å². The second kappa shape index (κ2) is 4.39. The number of carbonyl (C=O) groups excluding carboxylic acids is 1. The molecule has 0 radical (unpaired) electrons. The number of hydrogen-bond donors (Lipinski definition) is 3. The topological polar surface area (TPSA) is 82.7 Å². The molecule has 2 aromatic heterocycles. The zero-order valence-electron chi connectivity index (χ0n) is 8.07. The lowest BCUT2D eigenvalue weighted by Gasteiger charge is -2.05. The van der Waals surface area contributed by atoms with E-state index in [2.05, 4.69) is 25.8 Å². The van der Waals surface area contributed by atoms with Gasteiger partial charge in [-0.25, -0.2) is 9.18 Å². The summed E-state index contributed by atoms with van der Waals surface area (Å²) < 4.78 is 13.1. The van der Waals surface area contributed by atoms with E-state index in [0.29, 0.717) is 5.82 Å². The van der Waals surface area contributed by atoms with E-state index in [-0.39, 0.29) is 5.69 Å². The van der Waals surface area contributed by atoms with Crippen molar-refractivity contribution in [3.05, 3.63) is 36.5 Å². The Labute approximate surface area is 89.9 Å². The first-order valence-corrected chi connectivity index (χ1v) is 4.42. The number of pyridine rings is 1. The third kappa shape index (κ3) is 2.32. The molecular weight excluding hydrogens is 213 g/mol. The van der Waals surface area contributed by atoms with Gasteiger partial charge < -0.3 is 5.32 Å². The number of nitrogens with zero attached hydrogens (tertiary/aromatic N) is 2. The standard InChI is InChI=1S/C9H8FN5O/c10-6-5-11-3-1-7(6)13-9(16)14-8-2-4-12-15-8/h1-5H,(H3,11,12,13,14,15,16). The summed E-state index contributed by atoms with van der Waals surface area (Å²) in [6.45, 7) is 0. The summed E-state index contributed by atoms with van der Waals surface area (Å²) in [5.41, 5.74) is 0.0621. The maximum Gasteiger partial charge on any atom is 0.324 e. The highest BCUT2D eigenvalue weighted by molar-refractivity contribution is 5.99. The summed E-state index contributed by atoms with van der Waals surface area (Å²) >= 11 is 0. The Morgan fingerprint density at radius 2 is 2.19 bits per heavy atom. The Balaban J connectivity index is 2.00. The van der Waals surface area contributed by atoms with Gasteiger partial charge in [-0.1, -0.05) is 0 Å². The average Bonchev–Trinajstić information content (AvgIpc) is 2.74. The maximum atomic E-state index is 13.1. The molecule has 2 aromatic rings. The lowest BCUT2D eigenvalue weighted by atomic mass is 10.4. The van der Waals surface area contributed by atoms with E-state index >= 15 is 0 Å². The highest BCUT2D eigenvalue weighted by Gasteiger charge is 2.06. The summed E-state index contributed by atoms with van der Waals surface area (Å²) in [4.78, 5) is 14.9. The number of carbonyl (C=O) groups is 1. The van der Waals surface area contributed by atoms with Crippen LogP contribution in [0.15, 0.2) is 30.7 Å². The van der Waals surface area contributed by atoms with Gasteiger partial charge in [0.15, 0.2) is 5.82 Å². The number of aromatic amines is 1.